The number of ether oxygens (including phenoxy) is 1. The second-order valence-electron chi connectivity index (χ2n) is 6.50. The van der Waals surface area contributed by atoms with Gasteiger partial charge in [0.25, 0.3) is 0 Å². The van der Waals surface area contributed by atoms with Crippen LogP contribution < -0.4 is 4.74 Å². The Balaban J connectivity index is 1.91. The van der Waals surface area contributed by atoms with Crippen LogP contribution in [0.5, 0.6) is 5.75 Å². The average molecular weight is 306 g/mol. The summed E-state index contributed by atoms with van der Waals surface area (Å²) in [5.74, 6) is 1.05. The Hall–Kier alpha value is -2.09. The lowest BCUT2D eigenvalue weighted by molar-refractivity contribution is -0.504. The number of allylic oxidation sites excluding steroid dienone is 1. The lowest BCUT2D eigenvalue weighted by atomic mass is 9.91. The van der Waals surface area contributed by atoms with Gasteiger partial charge in [-0.05, 0) is 29.5 Å². The first-order valence-corrected chi connectivity index (χ1v) is 8.87. The molecule has 0 aromatic heterocycles. The van der Waals surface area contributed by atoms with E-state index in [1.54, 1.807) is 0 Å². The molecule has 0 spiro atoms. The zero-order chi connectivity index (χ0) is 15.6. The van der Waals surface area contributed by atoms with Crippen molar-refractivity contribution in [1.82, 2.24) is 0 Å². The largest absolute Gasteiger partial charge is 0.493 e. The van der Waals surface area contributed by atoms with Gasteiger partial charge in [-0.15, -0.1) is 0 Å². The number of rotatable bonds is 4. The van der Waals surface area contributed by atoms with Crippen LogP contribution >= 0.6 is 0 Å². The standard InChI is InChI=1S/C21H24NO/c1-2-3-15-23-19-12-10-17-8-6-7-16-9-11-18(21(19)20(16)17)22-13-4-5-14-22/h6-12H,2-5,13-15H2,1H3/q+1. The maximum absolute atomic E-state index is 6.17. The van der Waals surface area contributed by atoms with Gasteiger partial charge in [-0.3, -0.25) is 0 Å². The predicted octanol–water partition coefficient (Wildman–Crippen LogP) is 4.64. The maximum atomic E-state index is 6.17. The molecule has 1 aliphatic carbocycles. The molecular weight excluding hydrogens is 282 g/mol. The average Bonchev–Trinajstić information content (AvgIpc) is 3.12. The fourth-order valence-corrected chi connectivity index (χ4v) is 3.70. The highest BCUT2D eigenvalue weighted by molar-refractivity contribution is 6.22. The van der Waals surface area contributed by atoms with E-state index >= 15 is 0 Å². The maximum Gasteiger partial charge on any atom is 0.211 e. The van der Waals surface area contributed by atoms with Gasteiger partial charge in [0.2, 0.25) is 5.71 Å². The van der Waals surface area contributed by atoms with Crippen molar-refractivity contribution in [3.8, 4) is 5.75 Å². The Morgan fingerprint density at radius 1 is 1.04 bits per heavy atom. The highest BCUT2D eigenvalue weighted by Gasteiger charge is 2.27. The molecule has 118 valence electrons. The molecule has 2 aliphatic rings. The SMILES string of the molecule is CCCCOc1ccc2cccc3c2c1C(=[N+]1CCCC1)C=C3. The number of hydrogen-bond donors (Lipinski definition) is 0. The second kappa shape index (κ2) is 6.19. The summed E-state index contributed by atoms with van der Waals surface area (Å²) in [6, 6.07) is 10.9. The number of benzene rings is 2. The molecule has 0 atom stereocenters. The summed E-state index contributed by atoms with van der Waals surface area (Å²) in [6.07, 6.45) is 9.40. The van der Waals surface area contributed by atoms with E-state index in [0.717, 1.165) is 38.3 Å². The van der Waals surface area contributed by atoms with Crippen LogP contribution in [0.3, 0.4) is 0 Å². The molecule has 0 unspecified atom stereocenters. The number of hydrogen-bond acceptors (Lipinski definition) is 1. The van der Waals surface area contributed by atoms with E-state index in [1.807, 2.05) is 0 Å². The summed E-state index contributed by atoms with van der Waals surface area (Å²) >= 11 is 0. The lowest BCUT2D eigenvalue weighted by Crippen LogP contribution is -2.20. The third-order valence-corrected chi connectivity index (χ3v) is 4.92. The van der Waals surface area contributed by atoms with Crippen LogP contribution in [-0.4, -0.2) is 30.0 Å². The highest BCUT2D eigenvalue weighted by Crippen LogP contribution is 2.35. The smallest absolute Gasteiger partial charge is 0.211 e. The summed E-state index contributed by atoms with van der Waals surface area (Å²) in [5.41, 5.74) is 3.96. The minimum Gasteiger partial charge on any atom is -0.493 e. The summed E-state index contributed by atoms with van der Waals surface area (Å²) in [6.45, 7) is 5.32. The molecule has 2 nitrogen and oxygen atoms in total. The van der Waals surface area contributed by atoms with Crippen LogP contribution in [0.1, 0.15) is 43.7 Å². The van der Waals surface area contributed by atoms with E-state index in [1.165, 1.54) is 40.5 Å². The van der Waals surface area contributed by atoms with Gasteiger partial charge in [0.15, 0.2) is 0 Å². The van der Waals surface area contributed by atoms with Gasteiger partial charge in [-0.2, -0.15) is 0 Å². The minimum atomic E-state index is 0.800. The third-order valence-electron chi connectivity index (χ3n) is 4.92. The van der Waals surface area contributed by atoms with Gasteiger partial charge in [0.1, 0.15) is 18.8 Å². The highest BCUT2D eigenvalue weighted by atomic mass is 16.5. The monoisotopic (exact) mass is 306 g/mol. The molecule has 0 saturated carbocycles. The molecule has 23 heavy (non-hydrogen) atoms. The molecule has 1 saturated heterocycles. The van der Waals surface area contributed by atoms with E-state index in [9.17, 15) is 0 Å². The van der Waals surface area contributed by atoms with Crippen LogP contribution in [0, 0.1) is 0 Å². The van der Waals surface area contributed by atoms with Gasteiger partial charge in [0.05, 0.1) is 12.2 Å². The Bertz CT molecular complexity index is 793. The fraction of sp³-hybridized carbons (Fsp3) is 0.381. The topological polar surface area (TPSA) is 12.2 Å². The Morgan fingerprint density at radius 2 is 1.91 bits per heavy atom. The first-order chi connectivity index (χ1) is 11.4. The van der Waals surface area contributed by atoms with Gasteiger partial charge in [-0.1, -0.05) is 37.6 Å². The molecule has 0 amide bonds. The molecule has 0 bridgehead atoms. The lowest BCUT2D eigenvalue weighted by Gasteiger charge is -2.18. The first kappa shape index (κ1) is 14.5. The van der Waals surface area contributed by atoms with Crippen LogP contribution in [0.25, 0.3) is 16.8 Å². The molecule has 1 heterocycles. The first-order valence-electron chi connectivity index (χ1n) is 8.87. The van der Waals surface area contributed by atoms with Crippen molar-refractivity contribution < 1.29 is 9.31 Å². The van der Waals surface area contributed by atoms with E-state index in [4.69, 9.17) is 4.74 Å². The van der Waals surface area contributed by atoms with Crippen molar-refractivity contribution >= 4 is 22.6 Å². The summed E-state index contributed by atoms with van der Waals surface area (Å²) < 4.78 is 8.70. The van der Waals surface area contributed by atoms with Crippen LogP contribution in [0.2, 0.25) is 0 Å². The van der Waals surface area contributed by atoms with Crippen molar-refractivity contribution in [1.29, 1.82) is 0 Å². The Morgan fingerprint density at radius 3 is 2.74 bits per heavy atom. The fourth-order valence-electron chi connectivity index (χ4n) is 3.70. The van der Waals surface area contributed by atoms with Crippen molar-refractivity contribution in [2.45, 2.75) is 32.6 Å². The zero-order valence-electron chi connectivity index (χ0n) is 13.8. The van der Waals surface area contributed by atoms with Crippen LogP contribution in [-0.2, 0) is 0 Å². The summed E-state index contributed by atoms with van der Waals surface area (Å²) in [5, 5.41) is 2.66. The molecule has 2 aromatic rings. The van der Waals surface area contributed by atoms with Gasteiger partial charge < -0.3 is 4.74 Å². The number of nitrogens with zero attached hydrogens (tertiary/aromatic N) is 1. The van der Waals surface area contributed by atoms with Crippen molar-refractivity contribution in [3.63, 3.8) is 0 Å². The molecule has 2 aromatic carbocycles. The summed E-state index contributed by atoms with van der Waals surface area (Å²) in [7, 11) is 0. The van der Waals surface area contributed by atoms with Crippen LogP contribution in [0.4, 0.5) is 0 Å². The Kier molecular flexibility index (Phi) is 3.90. The second-order valence-corrected chi connectivity index (χ2v) is 6.50. The van der Waals surface area contributed by atoms with E-state index in [0.29, 0.717) is 0 Å². The molecule has 0 radical (unpaired) electrons. The van der Waals surface area contributed by atoms with E-state index in [2.05, 4.69) is 54.0 Å². The molecule has 4 rings (SSSR count). The molecule has 1 fully saturated rings. The van der Waals surface area contributed by atoms with Crippen molar-refractivity contribution in [2.75, 3.05) is 19.7 Å². The van der Waals surface area contributed by atoms with E-state index < -0.39 is 0 Å². The predicted molar refractivity (Wildman–Crippen MR) is 96.7 cm³/mol. The third kappa shape index (κ3) is 2.56. The quantitative estimate of drug-likeness (QED) is 0.592. The van der Waals surface area contributed by atoms with Crippen molar-refractivity contribution in [3.05, 3.63) is 47.5 Å². The van der Waals surface area contributed by atoms with Crippen LogP contribution in [0.15, 0.2) is 36.4 Å². The van der Waals surface area contributed by atoms with E-state index in [-0.39, 0.29) is 0 Å². The normalized spacial score (nSPS) is 16.4. The van der Waals surface area contributed by atoms with Crippen molar-refractivity contribution in [2.24, 2.45) is 0 Å². The van der Waals surface area contributed by atoms with Gasteiger partial charge in [-0.25, -0.2) is 4.58 Å². The summed E-state index contributed by atoms with van der Waals surface area (Å²) in [4.78, 5) is 0. The molecule has 2 heteroatoms. The minimum absolute atomic E-state index is 0.800. The van der Waals surface area contributed by atoms with Gasteiger partial charge >= 0.3 is 0 Å². The molecule has 1 aliphatic heterocycles. The Labute approximate surface area is 138 Å². The van der Waals surface area contributed by atoms with Gasteiger partial charge in [0, 0.05) is 24.3 Å². The molecule has 0 N–H and O–H groups in total. The zero-order valence-corrected chi connectivity index (χ0v) is 13.8. The molecular formula is C21H24NO+. The number of unbranched alkanes of at least 4 members (excludes halogenated alkanes) is 1.